The summed E-state index contributed by atoms with van der Waals surface area (Å²) >= 11 is 5.14. The van der Waals surface area contributed by atoms with Crippen LogP contribution in [-0.2, 0) is 14.4 Å². The van der Waals surface area contributed by atoms with Crippen LogP contribution in [0, 0.1) is 0 Å². The number of nitrogens with zero attached hydrogens (tertiary/aromatic N) is 6. The molecule has 4 rings (SSSR count). The third-order valence-corrected chi connectivity index (χ3v) is 7.16. The second-order valence-corrected chi connectivity index (χ2v) is 9.08. The minimum absolute atomic E-state index is 0.0336. The van der Waals surface area contributed by atoms with E-state index in [9.17, 15) is 19.5 Å². The molecule has 3 aliphatic rings. The summed E-state index contributed by atoms with van der Waals surface area (Å²) < 4.78 is 0. The van der Waals surface area contributed by atoms with E-state index in [0.29, 0.717) is 13.1 Å². The lowest BCUT2D eigenvalue weighted by atomic mass is 10.1. The van der Waals surface area contributed by atoms with E-state index in [2.05, 4.69) is 0 Å². The molecule has 1 aromatic rings. The highest BCUT2D eigenvalue weighted by atomic mass is 32.1. The molecule has 0 spiro atoms. The van der Waals surface area contributed by atoms with Gasteiger partial charge in [0.25, 0.3) is 11.8 Å². The maximum Gasteiger partial charge on any atom is 0.327 e. The highest BCUT2D eigenvalue weighted by Gasteiger charge is 2.36. The zero-order valence-corrected chi connectivity index (χ0v) is 20.7. The van der Waals surface area contributed by atoms with Gasteiger partial charge in [-0.25, -0.2) is 4.79 Å². The number of hydrogen-bond donors (Lipinski definition) is 1. The zero-order valence-electron chi connectivity index (χ0n) is 19.8. The Morgan fingerprint density at radius 2 is 1.56 bits per heavy atom. The number of likely N-dealkylation sites (N-methyl/N-ethyl adjacent to an activating group) is 3. The van der Waals surface area contributed by atoms with Crippen molar-refractivity contribution in [3.8, 4) is 0 Å². The number of fused-ring (bicyclic) bond motifs is 1. The van der Waals surface area contributed by atoms with E-state index in [0.717, 1.165) is 29.4 Å². The highest BCUT2D eigenvalue weighted by Crippen LogP contribution is 2.42. The standard InChI is InChI=1S/C23H28N6O4S/c1-24-10-11-29(18(13-24)22(32)33)14-6-8-16-17(12-14)26(3)19(25(16)2)9-7-15-20(30)27(4)23(34)28(5)21(15)31/h6-9,12,18H,10-11,13H2,1-5H3,(H,32,33)/b19-9-. The molecule has 10 nitrogen and oxygen atoms in total. The Balaban J connectivity index is 1.65. The fraction of sp³-hybridized carbons (Fsp3) is 0.391. The number of piperazine rings is 1. The van der Waals surface area contributed by atoms with Crippen molar-refractivity contribution in [2.45, 2.75) is 6.04 Å². The van der Waals surface area contributed by atoms with Gasteiger partial charge in [0.15, 0.2) is 5.11 Å². The molecule has 1 atom stereocenters. The first-order chi connectivity index (χ1) is 16.0. The van der Waals surface area contributed by atoms with E-state index in [-0.39, 0.29) is 10.7 Å². The van der Waals surface area contributed by atoms with Crippen LogP contribution in [0.4, 0.5) is 17.1 Å². The number of thiocarbonyl (C=S) groups is 1. The molecule has 1 aromatic carbocycles. The van der Waals surface area contributed by atoms with Crippen molar-refractivity contribution in [2.75, 3.05) is 69.6 Å². The summed E-state index contributed by atoms with van der Waals surface area (Å²) in [6.07, 6.45) is 3.26. The second kappa shape index (κ2) is 8.73. The number of anilines is 3. The first kappa shape index (κ1) is 23.7. The van der Waals surface area contributed by atoms with E-state index < -0.39 is 23.8 Å². The van der Waals surface area contributed by atoms with Crippen molar-refractivity contribution in [1.82, 2.24) is 14.7 Å². The average molecular weight is 485 g/mol. The maximum absolute atomic E-state index is 12.6. The smallest absolute Gasteiger partial charge is 0.327 e. The Morgan fingerprint density at radius 3 is 2.18 bits per heavy atom. The molecular formula is C23H28N6O4S. The lowest BCUT2D eigenvalue weighted by Crippen LogP contribution is -2.55. The van der Waals surface area contributed by atoms with Crippen molar-refractivity contribution in [3.05, 3.63) is 41.7 Å². The average Bonchev–Trinajstić information content (AvgIpc) is 3.05. The van der Waals surface area contributed by atoms with Crippen LogP contribution in [0.15, 0.2) is 41.7 Å². The first-order valence-corrected chi connectivity index (χ1v) is 11.2. The van der Waals surface area contributed by atoms with Crippen molar-refractivity contribution in [3.63, 3.8) is 0 Å². The van der Waals surface area contributed by atoms with E-state index in [4.69, 9.17) is 12.2 Å². The molecule has 0 saturated carbocycles. The number of carbonyl (C=O) groups excluding carboxylic acids is 2. The number of allylic oxidation sites excluding steroid dienone is 2. The van der Waals surface area contributed by atoms with Crippen LogP contribution < -0.4 is 14.7 Å². The van der Waals surface area contributed by atoms with Crippen molar-refractivity contribution in [2.24, 2.45) is 0 Å². The summed E-state index contributed by atoms with van der Waals surface area (Å²) in [6, 6.07) is 5.26. The molecule has 1 N–H and O–H groups in total. The van der Waals surface area contributed by atoms with Gasteiger partial charge in [-0.05, 0) is 49.6 Å². The maximum atomic E-state index is 12.6. The minimum atomic E-state index is -0.846. The largest absolute Gasteiger partial charge is 0.480 e. The molecule has 1 unspecified atom stereocenters. The highest BCUT2D eigenvalue weighted by molar-refractivity contribution is 7.80. The predicted molar refractivity (Wildman–Crippen MR) is 134 cm³/mol. The predicted octanol–water partition coefficient (Wildman–Crippen LogP) is 0.761. The number of rotatable bonds is 3. The summed E-state index contributed by atoms with van der Waals surface area (Å²) in [4.78, 5) is 47.5. The molecule has 34 heavy (non-hydrogen) atoms. The van der Waals surface area contributed by atoms with Crippen molar-refractivity contribution >= 4 is 52.2 Å². The van der Waals surface area contributed by atoms with Crippen LogP contribution in [0.1, 0.15) is 0 Å². The fourth-order valence-corrected chi connectivity index (χ4v) is 4.70. The third-order valence-electron chi connectivity index (χ3n) is 6.61. The molecule has 2 fully saturated rings. The van der Waals surface area contributed by atoms with Crippen LogP contribution >= 0.6 is 12.2 Å². The van der Waals surface area contributed by atoms with E-state index in [1.54, 1.807) is 20.2 Å². The summed E-state index contributed by atoms with van der Waals surface area (Å²) in [5.74, 6) is -0.960. The lowest BCUT2D eigenvalue weighted by molar-refractivity contribution is -0.139. The molecule has 180 valence electrons. The SMILES string of the molecule is CN1CCN(c2ccc3c(c2)N(C)/C(=C\C=C2C(=O)N(C)C(=S)N(C)C2=O)N3C)C(C(=O)O)C1. The lowest BCUT2D eigenvalue weighted by Gasteiger charge is -2.39. The van der Waals surface area contributed by atoms with Crippen LogP contribution in [0.5, 0.6) is 0 Å². The van der Waals surface area contributed by atoms with Crippen LogP contribution in [-0.4, -0.2) is 104 Å². The second-order valence-electron chi connectivity index (χ2n) is 8.72. The Labute approximate surface area is 203 Å². The molecule has 0 aromatic heterocycles. The van der Waals surface area contributed by atoms with E-state index in [1.807, 2.05) is 58.9 Å². The summed E-state index contributed by atoms with van der Waals surface area (Å²) in [5, 5.41) is 9.90. The first-order valence-electron chi connectivity index (χ1n) is 10.8. The van der Waals surface area contributed by atoms with Gasteiger partial charge in [-0.2, -0.15) is 0 Å². The van der Waals surface area contributed by atoms with Gasteiger partial charge in [0.1, 0.15) is 17.4 Å². The van der Waals surface area contributed by atoms with Crippen LogP contribution in [0.3, 0.4) is 0 Å². The van der Waals surface area contributed by atoms with Gasteiger partial charge in [-0.1, -0.05) is 0 Å². The minimum Gasteiger partial charge on any atom is -0.480 e. The molecule has 0 aliphatic carbocycles. The summed E-state index contributed by atoms with van der Waals surface area (Å²) in [7, 11) is 8.81. The molecule has 11 heteroatoms. The number of hydrogen-bond acceptors (Lipinski definition) is 8. The summed E-state index contributed by atoms with van der Waals surface area (Å²) in [6.45, 7) is 1.85. The summed E-state index contributed by atoms with van der Waals surface area (Å²) in [5.41, 5.74) is 2.72. The Bertz CT molecular complexity index is 1120. The number of benzene rings is 1. The molecule has 2 saturated heterocycles. The number of carbonyl (C=O) groups is 3. The Morgan fingerprint density at radius 1 is 0.941 bits per heavy atom. The van der Waals surface area contributed by atoms with Crippen molar-refractivity contribution in [1.29, 1.82) is 0 Å². The van der Waals surface area contributed by atoms with Gasteiger partial charge in [-0.3, -0.25) is 19.4 Å². The molecule has 0 radical (unpaired) electrons. The van der Waals surface area contributed by atoms with Gasteiger partial charge in [0, 0.05) is 53.5 Å². The molecule has 0 bridgehead atoms. The number of aliphatic carboxylic acids is 1. The third kappa shape index (κ3) is 3.80. The molecule has 2 amide bonds. The molecular weight excluding hydrogens is 456 g/mol. The quantitative estimate of drug-likeness (QED) is 0.379. The van der Waals surface area contributed by atoms with E-state index in [1.165, 1.54) is 15.9 Å². The van der Waals surface area contributed by atoms with Crippen molar-refractivity contribution < 1.29 is 19.5 Å². The Kier molecular flexibility index (Phi) is 6.09. The number of amides is 2. The normalized spacial score (nSPS) is 22.8. The van der Waals surface area contributed by atoms with Crippen LogP contribution in [0.25, 0.3) is 0 Å². The van der Waals surface area contributed by atoms with Crippen LogP contribution in [0.2, 0.25) is 0 Å². The van der Waals surface area contributed by atoms with Gasteiger partial charge in [0.05, 0.1) is 11.4 Å². The fourth-order valence-electron chi connectivity index (χ4n) is 4.53. The Hall–Kier alpha value is -3.44. The topological polar surface area (TPSA) is 90.9 Å². The molecule has 3 aliphatic heterocycles. The van der Waals surface area contributed by atoms with Gasteiger partial charge in [-0.15, -0.1) is 0 Å². The van der Waals surface area contributed by atoms with Gasteiger partial charge in [0.2, 0.25) is 0 Å². The van der Waals surface area contributed by atoms with Gasteiger partial charge >= 0.3 is 5.97 Å². The van der Waals surface area contributed by atoms with Gasteiger partial charge < -0.3 is 24.7 Å². The number of carboxylic acid groups (broad SMARTS) is 1. The molecule has 3 heterocycles. The number of carboxylic acids is 1. The zero-order chi connectivity index (χ0) is 24.9. The van der Waals surface area contributed by atoms with E-state index >= 15 is 0 Å². The monoisotopic (exact) mass is 484 g/mol.